The highest BCUT2D eigenvalue weighted by molar-refractivity contribution is 7.18. The SMILES string of the molecule is Cn1ccc(NC(=O)c2ccc(NC(=O)C3CC3)s2)n1. The predicted octanol–water partition coefficient (Wildman–Crippen LogP) is 2.08. The summed E-state index contributed by atoms with van der Waals surface area (Å²) in [6.45, 7) is 0. The maximum Gasteiger partial charge on any atom is 0.267 e. The molecule has 0 aromatic carbocycles. The van der Waals surface area contributed by atoms with Crippen molar-refractivity contribution in [3.05, 3.63) is 29.3 Å². The van der Waals surface area contributed by atoms with E-state index in [0.29, 0.717) is 15.7 Å². The van der Waals surface area contributed by atoms with E-state index in [9.17, 15) is 9.59 Å². The van der Waals surface area contributed by atoms with E-state index in [-0.39, 0.29) is 17.7 Å². The number of nitrogens with one attached hydrogen (secondary N) is 2. The Morgan fingerprint density at radius 3 is 2.75 bits per heavy atom. The summed E-state index contributed by atoms with van der Waals surface area (Å²) < 4.78 is 1.62. The summed E-state index contributed by atoms with van der Waals surface area (Å²) in [5, 5.41) is 10.3. The summed E-state index contributed by atoms with van der Waals surface area (Å²) in [6.07, 6.45) is 3.68. The molecule has 2 aromatic rings. The highest BCUT2D eigenvalue weighted by Gasteiger charge is 2.29. The topological polar surface area (TPSA) is 76.0 Å². The van der Waals surface area contributed by atoms with Crippen molar-refractivity contribution in [3.8, 4) is 0 Å². The van der Waals surface area contributed by atoms with Crippen LogP contribution in [0.2, 0.25) is 0 Å². The third-order valence-electron chi connectivity index (χ3n) is 2.98. The number of nitrogens with zero attached hydrogens (tertiary/aromatic N) is 2. The number of aromatic nitrogens is 2. The van der Waals surface area contributed by atoms with E-state index in [0.717, 1.165) is 12.8 Å². The van der Waals surface area contributed by atoms with Gasteiger partial charge < -0.3 is 10.6 Å². The molecule has 2 amide bonds. The van der Waals surface area contributed by atoms with Crippen LogP contribution in [0.4, 0.5) is 10.8 Å². The molecule has 2 aromatic heterocycles. The van der Waals surface area contributed by atoms with E-state index in [1.165, 1.54) is 11.3 Å². The van der Waals surface area contributed by atoms with Gasteiger partial charge in [0.15, 0.2) is 5.82 Å². The van der Waals surface area contributed by atoms with Gasteiger partial charge in [-0.05, 0) is 25.0 Å². The average Bonchev–Trinajstić information content (AvgIpc) is 3.04. The number of aryl methyl sites for hydroxylation is 1. The minimum absolute atomic E-state index is 0.0449. The molecular formula is C13H14N4O2S. The van der Waals surface area contributed by atoms with Gasteiger partial charge in [-0.3, -0.25) is 14.3 Å². The predicted molar refractivity (Wildman–Crippen MR) is 76.8 cm³/mol. The molecule has 0 atom stereocenters. The first-order valence-electron chi connectivity index (χ1n) is 6.33. The lowest BCUT2D eigenvalue weighted by Gasteiger charge is -2.00. The molecule has 1 aliphatic rings. The van der Waals surface area contributed by atoms with Gasteiger partial charge in [0.25, 0.3) is 5.91 Å². The Kier molecular flexibility index (Phi) is 3.27. The molecule has 20 heavy (non-hydrogen) atoms. The van der Waals surface area contributed by atoms with Crippen LogP contribution in [-0.2, 0) is 11.8 Å². The Bertz CT molecular complexity index is 657. The Labute approximate surface area is 119 Å². The minimum Gasteiger partial charge on any atom is -0.317 e. The zero-order valence-corrected chi connectivity index (χ0v) is 11.7. The van der Waals surface area contributed by atoms with Crippen molar-refractivity contribution in [3.63, 3.8) is 0 Å². The molecule has 2 N–H and O–H groups in total. The molecule has 104 valence electrons. The normalized spacial score (nSPS) is 14.1. The van der Waals surface area contributed by atoms with Gasteiger partial charge in [-0.2, -0.15) is 5.10 Å². The molecule has 0 spiro atoms. The van der Waals surface area contributed by atoms with Crippen LogP contribution in [0.15, 0.2) is 24.4 Å². The number of hydrogen-bond acceptors (Lipinski definition) is 4. The van der Waals surface area contributed by atoms with Crippen LogP contribution in [-0.4, -0.2) is 21.6 Å². The van der Waals surface area contributed by atoms with Crippen LogP contribution < -0.4 is 10.6 Å². The summed E-state index contributed by atoms with van der Waals surface area (Å²) >= 11 is 1.26. The van der Waals surface area contributed by atoms with Crippen LogP contribution in [0.3, 0.4) is 0 Å². The number of thiophene rings is 1. The van der Waals surface area contributed by atoms with E-state index in [1.54, 1.807) is 36.1 Å². The Hall–Kier alpha value is -2.15. The van der Waals surface area contributed by atoms with Crippen LogP contribution >= 0.6 is 11.3 Å². The van der Waals surface area contributed by atoms with Crippen LogP contribution in [0.5, 0.6) is 0 Å². The summed E-state index contributed by atoms with van der Waals surface area (Å²) in [4.78, 5) is 24.2. The third-order valence-corrected chi connectivity index (χ3v) is 3.98. The van der Waals surface area contributed by atoms with E-state index < -0.39 is 0 Å². The monoisotopic (exact) mass is 290 g/mol. The Morgan fingerprint density at radius 2 is 2.10 bits per heavy atom. The average molecular weight is 290 g/mol. The molecule has 1 fully saturated rings. The second kappa shape index (κ2) is 5.09. The largest absolute Gasteiger partial charge is 0.317 e. The van der Waals surface area contributed by atoms with Gasteiger partial charge >= 0.3 is 0 Å². The lowest BCUT2D eigenvalue weighted by Crippen LogP contribution is -2.12. The molecule has 0 bridgehead atoms. The lowest BCUT2D eigenvalue weighted by atomic mass is 10.4. The maximum atomic E-state index is 12.0. The molecule has 2 heterocycles. The van der Waals surface area contributed by atoms with Gasteiger partial charge in [0.05, 0.1) is 9.88 Å². The zero-order valence-electron chi connectivity index (χ0n) is 10.9. The fourth-order valence-corrected chi connectivity index (χ4v) is 2.56. The number of carbonyl (C=O) groups is 2. The van der Waals surface area contributed by atoms with Crippen molar-refractivity contribution in [1.29, 1.82) is 0 Å². The van der Waals surface area contributed by atoms with Crippen molar-refractivity contribution in [2.24, 2.45) is 13.0 Å². The van der Waals surface area contributed by atoms with Crippen molar-refractivity contribution >= 4 is 34.0 Å². The summed E-state index contributed by atoms with van der Waals surface area (Å²) in [5.41, 5.74) is 0. The van der Waals surface area contributed by atoms with Crippen LogP contribution in [0.25, 0.3) is 0 Å². The van der Waals surface area contributed by atoms with E-state index >= 15 is 0 Å². The summed E-state index contributed by atoms with van der Waals surface area (Å²) in [5.74, 6) is 0.488. The third kappa shape index (κ3) is 2.88. The van der Waals surface area contributed by atoms with Gasteiger partial charge in [0, 0.05) is 25.2 Å². The van der Waals surface area contributed by atoms with E-state index in [2.05, 4.69) is 15.7 Å². The highest BCUT2D eigenvalue weighted by atomic mass is 32.1. The molecule has 3 rings (SSSR count). The first-order valence-corrected chi connectivity index (χ1v) is 7.15. The number of rotatable bonds is 4. The van der Waals surface area contributed by atoms with E-state index in [1.807, 2.05) is 0 Å². The van der Waals surface area contributed by atoms with Gasteiger partial charge in [-0.25, -0.2) is 0 Å². The molecule has 1 aliphatic carbocycles. The molecule has 0 aliphatic heterocycles. The quantitative estimate of drug-likeness (QED) is 0.905. The van der Waals surface area contributed by atoms with Crippen molar-refractivity contribution in [1.82, 2.24) is 9.78 Å². The Morgan fingerprint density at radius 1 is 1.30 bits per heavy atom. The molecule has 6 nitrogen and oxygen atoms in total. The molecule has 0 unspecified atom stereocenters. The number of anilines is 2. The molecule has 0 saturated heterocycles. The van der Waals surface area contributed by atoms with Gasteiger partial charge in [0.2, 0.25) is 5.91 Å². The number of hydrogen-bond donors (Lipinski definition) is 2. The molecule has 0 radical (unpaired) electrons. The fraction of sp³-hybridized carbons (Fsp3) is 0.308. The maximum absolute atomic E-state index is 12.0. The molecule has 1 saturated carbocycles. The van der Waals surface area contributed by atoms with Crippen molar-refractivity contribution < 1.29 is 9.59 Å². The van der Waals surface area contributed by atoms with Gasteiger partial charge in [-0.15, -0.1) is 11.3 Å². The lowest BCUT2D eigenvalue weighted by molar-refractivity contribution is -0.117. The van der Waals surface area contributed by atoms with Crippen molar-refractivity contribution in [2.45, 2.75) is 12.8 Å². The smallest absolute Gasteiger partial charge is 0.267 e. The number of amides is 2. The van der Waals surface area contributed by atoms with Gasteiger partial charge in [0.1, 0.15) is 0 Å². The van der Waals surface area contributed by atoms with Gasteiger partial charge in [-0.1, -0.05) is 0 Å². The van der Waals surface area contributed by atoms with E-state index in [4.69, 9.17) is 0 Å². The zero-order chi connectivity index (χ0) is 14.1. The molecular weight excluding hydrogens is 276 g/mol. The Balaban J connectivity index is 1.63. The minimum atomic E-state index is -0.222. The second-order valence-corrected chi connectivity index (χ2v) is 5.84. The first-order chi connectivity index (χ1) is 9.61. The molecule has 7 heteroatoms. The van der Waals surface area contributed by atoms with Crippen LogP contribution in [0, 0.1) is 5.92 Å². The first kappa shape index (κ1) is 12.9. The fourth-order valence-electron chi connectivity index (χ4n) is 1.76. The standard InChI is InChI=1S/C13H14N4O2S/c1-17-7-6-10(16-17)14-13(19)9-4-5-11(20-9)15-12(18)8-2-3-8/h4-8H,2-3H2,1H3,(H,15,18)(H,14,16,19). The second-order valence-electron chi connectivity index (χ2n) is 4.76. The van der Waals surface area contributed by atoms with Crippen LogP contribution in [0.1, 0.15) is 22.5 Å². The van der Waals surface area contributed by atoms with Crippen molar-refractivity contribution in [2.75, 3.05) is 10.6 Å². The summed E-state index contributed by atoms with van der Waals surface area (Å²) in [7, 11) is 1.78. The highest BCUT2D eigenvalue weighted by Crippen LogP contribution is 2.31. The summed E-state index contributed by atoms with van der Waals surface area (Å²) in [6, 6.07) is 5.17. The number of carbonyl (C=O) groups excluding carboxylic acids is 2.